The fraction of sp³-hybridized carbons (Fsp3) is 0.286. The summed E-state index contributed by atoms with van der Waals surface area (Å²) in [6, 6.07) is 1.79. The molecule has 3 nitrogen and oxygen atoms in total. The molecule has 0 atom stereocenters. The van der Waals surface area contributed by atoms with Crippen LogP contribution in [-0.4, -0.2) is 11.8 Å². The SMILES string of the molecule is Clc1cc(I)c2c(n1)OCOC2. The molecule has 0 radical (unpaired) electrons. The van der Waals surface area contributed by atoms with Gasteiger partial charge in [-0.15, -0.1) is 0 Å². The lowest BCUT2D eigenvalue weighted by Crippen LogP contribution is -2.13. The van der Waals surface area contributed by atoms with E-state index in [0.29, 0.717) is 17.6 Å². The number of rotatable bonds is 0. The van der Waals surface area contributed by atoms with Gasteiger partial charge in [0.2, 0.25) is 5.88 Å². The topological polar surface area (TPSA) is 31.4 Å². The van der Waals surface area contributed by atoms with Gasteiger partial charge in [0.1, 0.15) is 5.15 Å². The Hall–Kier alpha value is -0.0700. The maximum atomic E-state index is 5.75. The number of hydrogen-bond donors (Lipinski definition) is 0. The summed E-state index contributed by atoms with van der Waals surface area (Å²) < 4.78 is 11.3. The molecule has 0 saturated carbocycles. The van der Waals surface area contributed by atoms with E-state index in [0.717, 1.165) is 9.13 Å². The zero-order valence-electron chi connectivity index (χ0n) is 6.01. The van der Waals surface area contributed by atoms with Crippen LogP contribution < -0.4 is 4.74 Å². The zero-order valence-corrected chi connectivity index (χ0v) is 8.92. The molecule has 2 heterocycles. The summed E-state index contributed by atoms with van der Waals surface area (Å²) in [5.41, 5.74) is 0.978. The smallest absolute Gasteiger partial charge is 0.223 e. The summed E-state index contributed by atoms with van der Waals surface area (Å²) in [6.45, 7) is 0.814. The van der Waals surface area contributed by atoms with Crippen LogP contribution in [0, 0.1) is 3.57 Å². The normalized spacial score (nSPS) is 15.2. The molecule has 0 aromatic carbocycles. The molecule has 0 amide bonds. The van der Waals surface area contributed by atoms with Crippen LogP contribution >= 0.6 is 34.2 Å². The van der Waals surface area contributed by atoms with Crippen LogP contribution in [0.25, 0.3) is 0 Å². The van der Waals surface area contributed by atoms with Crippen molar-refractivity contribution in [1.29, 1.82) is 0 Å². The van der Waals surface area contributed by atoms with Gasteiger partial charge in [-0.05, 0) is 28.7 Å². The Bertz CT molecular complexity index is 319. The number of ether oxygens (including phenoxy) is 2. The van der Waals surface area contributed by atoms with Crippen molar-refractivity contribution in [3.05, 3.63) is 20.4 Å². The second-order valence-electron chi connectivity index (χ2n) is 2.32. The van der Waals surface area contributed by atoms with Crippen LogP contribution in [0.1, 0.15) is 5.56 Å². The van der Waals surface area contributed by atoms with Crippen molar-refractivity contribution in [2.75, 3.05) is 6.79 Å². The van der Waals surface area contributed by atoms with Gasteiger partial charge in [-0.3, -0.25) is 0 Å². The van der Waals surface area contributed by atoms with Crippen LogP contribution in [-0.2, 0) is 11.3 Å². The summed E-state index contributed by atoms with van der Waals surface area (Å²) in [5, 5.41) is 0.458. The fourth-order valence-corrected chi connectivity index (χ4v) is 2.03. The molecule has 1 aromatic heterocycles. The minimum absolute atomic E-state index is 0.260. The summed E-state index contributed by atoms with van der Waals surface area (Å²) in [5.74, 6) is 0.596. The first-order valence-electron chi connectivity index (χ1n) is 3.33. The quantitative estimate of drug-likeness (QED) is 0.543. The van der Waals surface area contributed by atoms with Crippen molar-refractivity contribution in [1.82, 2.24) is 4.98 Å². The first kappa shape index (κ1) is 8.52. The second-order valence-corrected chi connectivity index (χ2v) is 3.87. The number of halogens is 2. The standard InChI is InChI=1S/C7H5ClINO2/c8-6-1-5(9)4-2-11-3-12-7(4)10-6/h1H,2-3H2. The van der Waals surface area contributed by atoms with Gasteiger partial charge in [0.25, 0.3) is 0 Å². The monoisotopic (exact) mass is 297 g/mol. The molecule has 12 heavy (non-hydrogen) atoms. The highest BCUT2D eigenvalue weighted by Gasteiger charge is 2.15. The van der Waals surface area contributed by atoms with Gasteiger partial charge in [0, 0.05) is 3.57 Å². The lowest BCUT2D eigenvalue weighted by Gasteiger charge is -2.17. The Balaban J connectivity index is 2.53. The minimum Gasteiger partial charge on any atom is -0.450 e. The third-order valence-corrected chi connectivity index (χ3v) is 2.68. The van der Waals surface area contributed by atoms with Gasteiger partial charge in [-0.1, -0.05) is 11.6 Å². The average Bonchev–Trinajstić information content (AvgIpc) is 2.04. The Kier molecular flexibility index (Phi) is 2.38. The van der Waals surface area contributed by atoms with Gasteiger partial charge in [0.05, 0.1) is 12.2 Å². The number of fused-ring (bicyclic) bond motifs is 1. The van der Waals surface area contributed by atoms with Crippen molar-refractivity contribution in [3.63, 3.8) is 0 Å². The van der Waals surface area contributed by atoms with Crippen molar-refractivity contribution in [2.45, 2.75) is 6.61 Å². The van der Waals surface area contributed by atoms with E-state index in [-0.39, 0.29) is 6.79 Å². The van der Waals surface area contributed by atoms with Crippen molar-refractivity contribution < 1.29 is 9.47 Å². The lowest BCUT2D eigenvalue weighted by atomic mass is 10.3. The lowest BCUT2D eigenvalue weighted by molar-refractivity contribution is -0.0201. The zero-order chi connectivity index (χ0) is 8.55. The van der Waals surface area contributed by atoms with Crippen molar-refractivity contribution in [2.24, 2.45) is 0 Å². The third kappa shape index (κ3) is 1.51. The molecular formula is C7H5ClINO2. The highest BCUT2D eigenvalue weighted by molar-refractivity contribution is 14.1. The van der Waals surface area contributed by atoms with E-state index < -0.39 is 0 Å². The highest BCUT2D eigenvalue weighted by Crippen LogP contribution is 2.28. The molecule has 5 heteroatoms. The predicted octanol–water partition coefficient (Wildman–Crippen LogP) is 2.21. The summed E-state index contributed by atoms with van der Waals surface area (Å²) in [7, 11) is 0. The van der Waals surface area contributed by atoms with Crippen LogP contribution in [0.4, 0.5) is 0 Å². The molecule has 2 rings (SSSR count). The van der Waals surface area contributed by atoms with E-state index in [1.165, 1.54) is 0 Å². The third-order valence-electron chi connectivity index (χ3n) is 1.53. The molecule has 0 spiro atoms. The molecule has 0 fully saturated rings. The van der Waals surface area contributed by atoms with Gasteiger partial charge < -0.3 is 9.47 Å². The molecule has 0 aliphatic carbocycles. The summed E-state index contributed by atoms with van der Waals surface area (Å²) in [6.07, 6.45) is 0. The van der Waals surface area contributed by atoms with E-state index in [1.807, 2.05) is 0 Å². The van der Waals surface area contributed by atoms with E-state index in [1.54, 1.807) is 6.07 Å². The van der Waals surface area contributed by atoms with Crippen LogP contribution in [0.15, 0.2) is 6.07 Å². The summed E-state index contributed by atoms with van der Waals surface area (Å²) in [4.78, 5) is 4.03. The van der Waals surface area contributed by atoms with E-state index in [4.69, 9.17) is 21.1 Å². The Morgan fingerprint density at radius 1 is 1.58 bits per heavy atom. The maximum absolute atomic E-state index is 5.75. The Morgan fingerprint density at radius 2 is 2.42 bits per heavy atom. The number of pyridine rings is 1. The molecule has 64 valence electrons. The van der Waals surface area contributed by atoms with Gasteiger partial charge in [0.15, 0.2) is 6.79 Å². The predicted molar refractivity (Wildman–Crippen MR) is 52.2 cm³/mol. The largest absolute Gasteiger partial charge is 0.450 e. The number of nitrogens with zero attached hydrogens (tertiary/aromatic N) is 1. The van der Waals surface area contributed by atoms with E-state index in [9.17, 15) is 0 Å². The molecule has 0 unspecified atom stereocenters. The molecule has 0 bridgehead atoms. The van der Waals surface area contributed by atoms with Crippen molar-refractivity contribution >= 4 is 34.2 Å². The molecule has 0 saturated heterocycles. The van der Waals surface area contributed by atoms with Crippen molar-refractivity contribution in [3.8, 4) is 5.88 Å². The first-order valence-corrected chi connectivity index (χ1v) is 4.78. The second kappa shape index (κ2) is 3.35. The van der Waals surface area contributed by atoms with E-state index >= 15 is 0 Å². The molecule has 0 N–H and O–H groups in total. The van der Waals surface area contributed by atoms with Gasteiger partial charge >= 0.3 is 0 Å². The van der Waals surface area contributed by atoms with Gasteiger partial charge in [-0.25, -0.2) is 4.98 Å². The Morgan fingerprint density at radius 3 is 3.25 bits per heavy atom. The Labute approximate surface area is 88.2 Å². The van der Waals surface area contributed by atoms with Crippen LogP contribution in [0.2, 0.25) is 5.15 Å². The molecule has 1 aliphatic heterocycles. The number of aromatic nitrogens is 1. The maximum Gasteiger partial charge on any atom is 0.223 e. The van der Waals surface area contributed by atoms with Gasteiger partial charge in [-0.2, -0.15) is 0 Å². The molecule has 1 aromatic rings. The average molecular weight is 297 g/mol. The molecular weight excluding hydrogens is 292 g/mol. The first-order chi connectivity index (χ1) is 5.77. The minimum atomic E-state index is 0.260. The fourth-order valence-electron chi connectivity index (χ4n) is 0.982. The summed E-state index contributed by atoms with van der Waals surface area (Å²) >= 11 is 7.93. The van der Waals surface area contributed by atoms with Crippen LogP contribution in [0.5, 0.6) is 5.88 Å². The van der Waals surface area contributed by atoms with Crippen LogP contribution in [0.3, 0.4) is 0 Å². The molecule has 1 aliphatic rings. The number of hydrogen-bond acceptors (Lipinski definition) is 3. The van der Waals surface area contributed by atoms with E-state index in [2.05, 4.69) is 27.6 Å². The highest BCUT2D eigenvalue weighted by atomic mass is 127.